The van der Waals surface area contributed by atoms with Crippen LogP contribution in [0.2, 0.25) is 0 Å². The number of rotatable bonds is 6. The Hall–Kier alpha value is -2.64. The molecule has 1 aliphatic carbocycles. The number of benzene rings is 1. The minimum atomic E-state index is -0.768. The minimum absolute atomic E-state index is 0.0307. The van der Waals surface area contributed by atoms with Crippen molar-refractivity contribution in [1.29, 1.82) is 0 Å². The van der Waals surface area contributed by atoms with Gasteiger partial charge in [0, 0.05) is 19.2 Å². The molecule has 1 saturated carbocycles. The monoisotopic (exact) mass is 363 g/mol. The molecule has 3 atom stereocenters. The molecule has 0 saturated heterocycles. The topological polar surface area (TPSA) is 111 Å². The first-order valence-corrected chi connectivity index (χ1v) is 8.76. The van der Waals surface area contributed by atoms with Crippen molar-refractivity contribution in [1.82, 2.24) is 5.32 Å². The van der Waals surface area contributed by atoms with E-state index in [0.29, 0.717) is 17.5 Å². The lowest BCUT2D eigenvalue weighted by atomic mass is 9.78. The lowest BCUT2D eigenvalue weighted by molar-refractivity contribution is -0.384. The van der Waals surface area contributed by atoms with E-state index in [-0.39, 0.29) is 23.2 Å². The molecule has 0 heterocycles. The van der Waals surface area contributed by atoms with Crippen LogP contribution in [0.4, 0.5) is 11.4 Å². The zero-order valence-corrected chi connectivity index (χ0v) is 15.3. The van der Waals surface area contributed by atoms with Crippen LogP contribution in [0, 0.1) is 22.0 Å². The molecule has 8 nitrogen and oxygen atoms in total. The third kappa shape index (κ3) is 4.71. The van der Waals surface area contributed by atoms with Crippen molar-refractivity contribution in [2.75, 3.05) is 19.0 Å². The van der Waals surface area contributed by atoms with Gasteiger partial charge in [-0.05, 0) is 30.4 Å². The van der Waals surface area contributed by atoms with Crippen molar-refractivity contribution in [3.05, 3.63) is 33.9 Å². The van der Waals surface area contributed by atoms with Gasteiger partial charge in [-0.1, -0.05) is 26.7 Å². The van der Waals surface area contributed by atoms with Crippen LogP contribution in [0.5, 0.6) is 0 Å². The molecule has 1 aromatic rings. The van der Waals surface area contributed by atoms with Gasteiger partial charge in [0.2, 0.25) is 0 Å². The number of nitrogens with one attached hydrogen (secondary N) is 2. The third-order valence-corrected chi connectivity index (χ3v) is 5.09. The Balaban J connectivity index is 1.93. The van der Waals surface area contributed by atoms with Crippen LogP contribution in [-0.2, 0) is 9.53 Å². The first-order chi connectivity index (χ1) is 12.3. The van der Waals surface area contributed by atoms with Crippen molar-refractivity contribution >= 4 is 23.3 Å². The lowest BCUT2D eigenvalue weighted by Crippen LogP contribution is -2.45. The molecule has 0 unspecified atom stereocenters. The summed E-state index contributed by atoms with van der Waals surface area (Å²) >= 11 is 0. The summed E-state index contributed by atoms with van der Waals surface area (Å²) in [6.07, 6.45) is 3.14. The molecule has 2 rings (SSSR count). The molecule has 1 amide bonds. The maximum Gasteiger partial charge on any atom is 0.338 e. The van der Waals surface area contributed by atoms with Crippen LogP contribution >= 0.6 is 0 Å². The molecular weight excluding hydrogens is 338 g/mol. The predicted octanol–water partition coefficient (Wildman–Crippen LogP) is 2.73. The molecule has 8 heteroatoms. The summed E-state index contributed by atoms with van der Waals surface area (Å²) in [7, 11) is 1.55. The summed E-state index contributed by atoms with van der Waals surface area (Å²) in [4.78, 5) is 34.6. The van der Waals surface area contributed by atoms with E-state index >= 15 is 0 Å². The molecule has 0 aromatic heterocycles. The van der Waals surface area contributed by atoms with Crippen LogP contribution < -0.4 is 10.6 Å². The summed E-state index contributed by atoms with van der Waals surface area (Å²) in [5, 5.41) is 16.7. The smallest absolute Gasteiger partial charge is 0.338 e. The normalized spacial score (nSPS) is 22.3. The van der Waals surface area contributed by atoms with E-state index < -0.39 is 17.5 Å². The van der Waals surface area contributed by atoms with Crippen LogP contribution in [-0.4, -0.2) is 36.5 Å². The fraction of sp³-hybridized carbons (Fsp3) is 0.556. The molecule has 1 aliphatic rings. The van der Waals surface area contributed by atoms with Crippen LogP contribution in [0.1, 0.15) is 43.5 Å². The Morgan fingerprint density at radius 2 is 2.04 bits per heavy atom. The molecule has 142 valence electrons. The summed E-state index contributed by atoms with van der Waals surface area (Å²) < 4.78 is 5.01. The van der Waals surface area contributed by atoms with Crippen molar-refractivity contribution in [2.45, 2.75) is 39.2 Å². The van der Waals surface area contributed by atoms with Crippen molar-refractivity contribution < 1.29 is 19.2 Å². The van der Waals surface area contributed by atoms with Gasteiger partial charge in [0.25, 0.3) is 11.6 Å². The Labute approximate surface area is 152 Å². The number of ether oxygens (including phenoxy) is 1. The van der Waals surface area contributed by atoms with Crippen molar-refractivity contribution in [3.8, 4) is 0 Å². The molecule has 0 radical (unpaired) electrons. The first-order valence-electron chi connectivity index (χ1n) is 8.76. The second kappa shape index (κ2) is 8.64. The molecular formula is C18H25N3O5. The summed E-state index contributed by atoms with van der Waals surface area (Å²) in [5.74, 6) is -0.204. The maximum atomic E-state index is 12.1. The van der Waals surface area contributed by atoms with E-state index in [1.165, 1.54) is 12.1 Å². The number of nitrogens with zero attached hydrogens (tertiary/aromatic N) is 1. The average molecular weight is 363 g/mol. The zero-order valence-electron chi connectivity index (χ0n) is 15.3. The van der Waals surface area contributed by atoms with Gasteiger partial charge in [-0.25, -0.2) is 4.79 Å². The van der Waals surface area contributed by atoms with Crippen molar-refractivity contribution in [3.63, 3.8) is 0 Å². The van der Waals surface area contributed by atoms with E-state index in [2.05, 4.69) is 24.5 Å². The van der Waals surface area contributed by atoms with E-state index in [0.717, 1.165) is 25.3 Å². The molecule has 26 heavy (non-hydrogen) atoms. The summed E-state index contributed by atoms with van der Waals surface area (Å²) in [6, 6.07) is 4.07. The number of esters is 1. The van der Waals surface area contributed by atoms with E-state index in [1.807, 2.05) is 0 Å². The highest BCUT2D eigenvalue weighted by Crippen LogP contribution is 2.29. The minimum Gasteiger partial charge on any atom is -0.452 e. The summed E-state index contributed by atoms with van der Waals surface area (Å²) in [6.45, 7) is 3.88. The van der Waals surface area contributed by atoms with Crippen LogP contribution in [0.3, 0.4) is 0 Å². The second-order valence-electron chi connectivity index (χ2n) is 6.76. The van der Waals surface area contributed by atoms with E-state index in [4.69, 9.17) is 4.74 Å². The maximum absolute atomic E-state index is 12.1. The SMILES string of the molecule is CNc1ccc(C(=O)OCC(=O)N[C@@H]2CCC[C@@H](C)[C@H]2C)cc1[N+](=O)[O-]. The highest BCUT2D eigenvalue weighted by molar-refractivity contribution is 5.93. The van der Waals surface area contributed by atoms with Crippen LogP contribution in [0.15, 0.2) is 18.2 Å². The number of hydrogen-bond donors (Lipinski definition) is 2. The standard InChI is InChI=1S/C18H25N3O5/c1-11-5-4-6-14(12(11)2)20-17(22)10-26-18(23)13-7-8-15(19-3)16(9-13)21(24)25/h7-9,11-12,14,19H,4-6,10H2,1-3H3,(H,20,22)/t11-,12-,14-/m1/s1. The highest BCUT2D eigenvalue weighted by Gasteiger charge is 2.28. The fourth-order valence-corrected chi connectivity index (χ4v) is 3.27. The highest BCUT2D eigenvalue weighted by atomic mass is 16.6. The molecule has 1 fully saturated rings. The van der Waals surface area contributed by atoms with E-state index in [1.54, 1.807) is 7.05 Å². The van der Waals surface area contributed by atoms with Gasteiger partial charge in [-0.2, -0.15) is 0 Å². The Kier molecular flexibility index (Phi) is 6.54. The largest absolute Gasteiger partial charge is 0.452 e. The quantitative estimate of drug-likeness (QED) is 0.457. The number of carbonyl (C=O) groups is 2. The van der Waals surface area contributed by atoms with Gasteiger partial charge >= 0.3 is 5.97 Å². The van der Waals surface area contributed by atoms with Gasteiger partial charge in [0.1, 0.15) is 5.69 Å². The van der Waals surface area contributed by atoms with Crippen LogP contribution in [0.25, 0.3) is 0 Å². The van der Waals surface area contributed by atoms with Gasteiger partial charge < -0.3 is 15.4 Å². The molecule has 0 bridgehead atoms. The fourth-order valence-electron chi connectivity index (χ4n) is 3.27. The summed E-state index contributed by atoms with van der Waals surface area (Å²) in [5.41, 5.74) is 0.101. The Morgan fingerprint density at radius 3 is 2.69 bits per heavy atom. The van der Waals surface area contributed by atoms with Gasteiger partial charge in [-0.3, -0.25) is 14.9 Å². The number of carbonyl (C=O) groups excluding carboxylic acids is 2. The molecule has 1 aromatic carbocycles. The zero-order chi connectivity index (χ0) is 19.3. The van der Waals surface area contributed by atoms with Gasteiger partial charge in [0.05, 0.1) is 10.5 Å². The average Bonchev–Trinajstić information content (AvgIpc) is 2.62. The second-order valence-corrected chi connectivity index (χ2v) is 6.76. The Bertz CT molecular complexity index is 691. The number of anilines is 1. The van der Waals surface area contributed by atoms with Crippen molar-refractivity contribution in [2.24, 2.45) is 11.8 Å². The number of hydrogen-bond acceptors (Lipinski definition) is 6. The number of nitro groups is 1. The molecule has 0 spiro atoms. The number of nitro benzene ring substituents is 1. The van der Waals surface area contributed by atoms with Gasteiger partial charge in [-0.15, -0.1) is 0 Å². The molecule has 0 aliphatic heterocycles. The number of amides is 1. The Morgan fingerprint density at radius 1 is 1.31 bits per heavy atom. The van der Waals surface area contributed by atoms with E-state index in [9.17, 15) is 19.7 Å². The third-order valence-electron chi connectivity index (χ3n) is 5.09. The van der Waals surface area contributed by atoms with Gasteiger partial charge in [0.15, 0.2) is 6.61 Å². The molecule has 2 N–H and O–H groups in total. The lowest BCUT2D eigenvalue weighted by Gasteiger charge is -2.34. The first kappa shape index (κ1) is 19.7. The predicted molar refractivity (Wildman–Crippen MR) is 97.0 cm³/mol.